The van der Waals surface area contributed by atoms with Gasteiger partial charge in [0.25, 0.3) is 0 Å². The maximum absolute atomic E-state index is 14.2. The van der Waals surface area contributed by atoms with Crippen molar-refractivity contribution in [2.24, 2.45) is 10.9 Å². The Balaban J connectivity index is 0.000000646. The Bertz CT molecular complexity index is 1270. The lowest BCUT2D eigenvalue weighted by atomic mass is 9.93. The molecule has 0 radical (unpaired) electrons. The molecule has 0 aliphatic carbocycles. The number of aliphatic carboxylic acids is 1. The van der Waals surface area contributed by atoms with Gasteiger partial charge in [-0.25, -0.2) is 9.59 Å². The lowest BCUT2D eigenvalue weighted by Crippen LogP contribution is -2.53. The standard InChI is InChI=1S/C28H37ClN4O3.C2HF3O2/c1-5-36-25-18-22(35-4)11-12-23(25)27-31-24(13-6-19(2)3)26(20-7-9-21(29)10-8-20)33(27)28(34)32-16-14-30-15-17-32;3-2(4,5)1(6)7/h7-12,18-19,24,26,30H,5-6,13-17H2,1-4H3;(H,6,7). The molecular weight excluding hydrogens is 589 g/mol. The van der Waals surface area contributed by atoms with Crippen molar-refractivity contribution < 1.29 is 37.3 Å². The van der Waals surface area contributed by atoms with Crippen LogP contribution in [0.4, 0.5) is 18.0 Å². The molecule has 43 heavy (non-hydrogen) atoms. The van der Waals surface area contributed by atoms with E-state index in [1.54, 1.807) is 7.11 Å². The highest BCUT2D eigenvalue weighted by atomic mass is 35.5. The number of rotatable bonds is 8. The van der Waals surface area contributed by atoms with Crippen LogP contribution in [0.2, 0.25) is 5.02 Å². The molecule has 2 unspecified atom stereocenters. The first-order valence-corrected chi connectivity index (χ1v) is 14.5. The third kappa shape index (κ3) is 8.99. The van der Waals surface area contributed by atoms with E-state index in [0.29, 0.717) is 48.0 Å². The number of hydrogen-bond acceptors (Lipinski definition) is 6. The molecule has 236 valence electrons. The number of urea groups is 1. The van der Waals surface area contributed by atoms with Crippen LogP contribution in [0.15, 0.2) is 47.5 Å². The quantitative estimate of drug-likeness (QED) is 0.372. The van der Waals surface area contributed by atoms with Crippen molar-refractivity contribution in [3.05, 3.63) is 58.6 Å². The van der Waals surface area contributed by atoms with E-state index in [9.17, 15) is 18.0 Å². The van der Waals surface area contributed by atoms with Gasteiger partial charge in [-0.05, 0) is 55.5 Å². The number of ether oxygens (including phenoxy) is 2. The first kappa shape index (κ1) is 34.0. The second-order valence-electron chi connectivity index (χ2n) is 10.5. The monoisotopic (exact) mass is 626 g/mol. The molecule has 2 aromatic rings. The molecule has 4 rings (SSSR count). The SMILES string of the molecule is CCOc1cc(OC)ccc1C1=NC(CCC(C)C)C(c2ccc(Cl)cc2)N1C(=O)N1CCNCC1.O=C(O)C(F)(F)F. The predicted molar refractivity (Wildman–Crippen MR) is 158 cm³/mol. The Morgan fingerprint density at radius 3 is 2.30 bits per heavy atom. The van der Waals surface area contributed by atoms with Gasteiger partial charge in [0.2, 0.25) is 0 Å². The van der Waals surface area contributed by atoms with E-state index in [2.05, 4.69) is 19.2 Å². The van der Waals surface area contributed by atoms with Gasteiger partial charge in [0.1, 0.15) is 17.3 Å². The number of aliphatic imine (C=N–C) groups is 1. The van der Waals surface area contributed by atoms with Crippen LogP contribution in [0.5, 0.6) is 11.5 Å². The van der Waals surface area contributed by atoms with Crippen LogP contribution >= 0.6 is 11.6 Å². The Morgan fingerprint density at radius 2 is 1.77 bits per heavy atom. The normalized spacial score (nSPS) is 18.6. The van der Waals surface area contributed by atoms with Crippen LogP contribution in [0.3, 0.4) is 0 Å². The molecule has 0 saturated carbocycles. The number of amides is 2. The third-order valence-electron chi connectivity index (χ3n) is 6.98. The zero-order valence-corrected chi connectivity index (χ0v) is 25.4. The highest BCUT2D eigenvalue weighted by Crippen LogP contribution is 2.40. The van der Waals surface area contributed by atoms with Crippen molar-refractivity contribution in [3.63, 3.8) is 0 Å². The van der Waals surface area contributed by atoms with Crippen LogP contribution < -0.4 is 14.8 Å². The number of halogens is 4. The highest BCUT2D eigenvalue weighted by Gasteiger charge is 2.44. The number of amidine groups is 1. The Labute approximate surface area is 254 Å². The molecule has 1 saturated heterocycles. The number of benzene rings is 2. The molecule has 2 aromatic carbocycles. The van der Waals surface area contributed by atoms with Gasteiger partial charge in [0, 0.05) is 37.3 Å². The van der Waals surface area contributed by atoms with E-state index in [1.807, 2.05) is 59.2 Å². The van der Waals surface area contributed by atoms with Crippen LogP contribution in [0.25, 0.3) is 0 Å². The summed E-state index contributed by atoms with van der Waals surface area (Å²) in [4.78, 5) is 32.1. The van der Waals surface area contributed by atoms with Crippen molar-refractivity contribution in [2.45, 2.75) is 51.9 Å². The lowest BCUT2D eigenvalue weighted by Gasteiger charge is -2.36. The summed E-state index contributed by atoms with van der Waals surface area (Å²) < 4.78 is 43.2. The van der Waals surface area contributed by atoms with Gasteiger partial charge in [0.05, 0.1) is 31.4 Å². The van der Waals surface area contributed by atoms with Crippen molar-refractivity contribution in [1.82, 2.24) is 15.1 Å². The summed E-state index contributed by atoms with van der Waals surface area (Å²) in [6.45, 7) is 9.76. The fourth-order valence-corrected chi connectivity index (χ4v) is 4.98. The van der Waals surface area contributed by atoms with E-state index in [1.165, 1.54) is 0 Å². The predicted octanol–water partition coefficient (Wildman–Crippen LogP) is 6.01. The fourth-order valence-electron chi connectivity index (χ4n) is 4.86. The molecule has 2 atom stereocenters. The number of nitrogens with zero attached hydrogens (tertiary/aromatic N) is 3. The van der Waals surface area contributed by atoms with Gasteiger partial charge in [-0.2, -0.15) is 13.2 Å². The maximum atomic E-state index is 14.2. The largest absolute Gasteiger partial charge is 0.497 e. The number of carboxylic acids is 1. The summed E-state index contributed by atoms with van der Waals surface area (Å²) in [7, 11) is 1.64. The summed E-state index contributed by atoms with van der Waals surface area (Å²) in [6, 6.07) is 13.2. The molecule has 0 spiro atoms. The number of carboxylic acid groups (broad SMARTS) is 1. The minimum atomic E-state index is -5.08. The minimum absolute atomic E-state index is 0.0273. The molecule has 2 aliphatic heterocycles. The number of carbonyl (C=O) groups is 2. The Morgan fingerprint density at radius 1 is 1.14 bits per heavy atom. The molecule has 2 heterocycles. The first-order chi connectivity index (χ1) is 20.4. The number of alkyl halides is 3. The second-order valence-corrected chi connectivity index (χ2v) is 10.9. The van der Waals surface area contributed by atoms with Crippen molar-refractivity contribution in [1.29, 1.82) is 0 Å². The van der Waals surface area contributed by atoms with Crippen molar-refractivity contribution >= 4 is 29.4 Å². The van der Waals surface area contributed by atoms with Gasteiger partial charge in [0.15, 0.2) is 0 Å². The van der Waals surface area contributed by atoms with Gasteiger partial charge in [-0.1, -0.05) is 37.6 Å². The molecule has 2 amide bonds. The summed E-state index contributed by atoms with van der Waals surface area (Å²) in [6.07, 6.45) is -3.19. The number of methoxy groups -OCH3 is 1. The number of piperazine rings is 1. The van der Waals surface area contributed by atoms with Gasteiger partial charge in [-0.3, -0.25) is 9.89 Å². The van der Waals surface area contributed by atoms with Crippen molar-refractivity contribution in [2.75, 3.05) is 39.9 Å². The molecule has 9 nitrogen and oxygen atoms in total. The molecular formula is C30H38ClF3N4O5. The molecule has 13 heteroatoms. The Kier molecular flexibility index (Phi) is 12.1. The molecule has 0 aromatic heterocycles. The first-order valence-electron chi connectivity index (χ1n) is 14.1. The minimum Gasteiger partial charge on any atom is -0.497 e. The zero-order valence-electron chi connectivity index (χ0n) is 24.7. The molecule has 2 N–H and O–H groups in total. The summed E-state index contributed by atoms with van der Waals surface area (Å²) in [5.74, 6) is -0.210. The third-order valence-corrected chi connectivity index (χ3v) is 7.23. The van der Waals surface area contributed by atoms with Gasteiger partial charge >= 0.3 is 18.2 Å². The summed E-state index contributed by atoms with van der Waals surface area (Å²) >= 11 is 6.23. The van der Waals surface area contributed by atoms with E-state index >= 15 is 0 Å². The van der Waals surface area contributed by atoms with Crippen LogP contribution in [0.1, 0.15) is 50.8 Å². The van der Waals surface area contributed by atoms with E-state index in [-0.39, 0.29) is 18.1 Å². The van der Waals surface area contributed by atoms with E-state index in [4.69, 9.17) is 36.0 Å². The fraction of sp³-hybridized carbons (Fsp3) is 0.500. The van der Waals surface area contributed by atoms with Crippen molar-refractivity contribution in [3.8, 4) is 11.5 Å². The average Bonchev–Trinajstić information content (AvgIpc) is 3.35. The summed E-state index contributed by atoms with van der Waals surface area (Å²) in [5, 5.41) is 11.1. The molecule has 2 aliphatic rings. The lowest BCUT2D eigenvalue weighted by molar-refractivity contribution is -0.192. The number of hydrogen-bond donors (Lipinski definition) is 2. The zero-order chi connectivity index (χ0) is 31.7. The maximum Gasteiger partial charge on any atom is 0.490 e. The smallest absolute Gasteiger partial charge is 0.490 e. The second kappa shape index (κ2) is 15.3. The Hall–Kier alpha value is -3.51. The van der Waals surface area contributed by atoms with Crippen LogP contribution in [-0.4, -0.2) is 84.9 Å². The topological polar surface area (TPSA) is 104 Å². The summed E-state index contributed by atoms with van der Waals surface area (Å²) in [5.41, 5.74) is 1.83. The van der Waals surface area contributed by atoms with Crippen LogP contribution in [0, 0.1) is 5.92 Å². The van der Waals surface area contributed by atoms with E-state index < -0.39 is 12.1 Å². The van der Waals surface area contributed by atoms with Gasteiger partial charge in [-0.15, -0.1) is 0 Å². The molecule has 1 fully saturated rings. The number of carbonyl (C=O) groups excluding carboxylic acids is 1. The van der Waals surface area contributed by atoms with Gasteiger partial charge < -0.3 is 24.8 Å². The number of nitrogens with one attached hydrogen (secondary N) is 1. The average molecular weight is 627 g/mol. The highest BCUT2D eigenvalue weighted by molar-refractivity contribution is 6.30. The van der Waals surface area contributed by atoms with Crippen LogP contribution in [-0.2, 0) is 4.79 Å². The molecule has 0 bridgehead atoms. The van der Waals surface area contributed by atoms with E-state index in [0.717, 1.165) is 37.1 Å².